The number of hydrogen-bond acceptors (Lipinski definition) is 6. The number of benzene rings is 2. The summed E-state index contributed by atoms with van der Waals surface area (Å²) in [6.07, 6.45) is 0. The Morgan fingerprint density at radius 2 is 2.00 bits per heavy atom. The first-order valence-corrected chi connectivity index (χ1v) is 6.53. The number of nitrogens with zero attached hydrogens (tertiary/aromatic N) is 1. The number of methoxy groups -OCH3 is 1. The highest BCUT2D eigenvalue weighted by Crippen LogP contribution is 2.27. The lowest BCUT2D eigenvalue weighted by Crippen LogP contribution is -2.20. The Hall–Kier alpha value is -3.29. The van der Waals surface area contributed by atoms with Crippen LogP contribution in [0.3, 0.4) is 0 Å². The zero-order valence-electron chi connectivity index (χ0n) is 12.2. The van der Waals surface area contributed by atoms with Gasteiger partial charge in [-0.1, -0.05) is 6.07 Å². The molecular formula is C15H14N2O6. The molecule has 0 aliphatic rings. The van der Waals surface area contributed by atoms with Gasteiger partial charge in [0.15, 0.2) is 6.61 Å². The zero-order valence-corrected chi connectivity index (χ0v) is 12.2. The van der Waals surface area contributed by atoms with Gasteiger partial charge >= 0.3 is 0 Å². The summed E-state index contributed by atoms with van der Waals surface area (Å²) < 4.78 is 10.3. The van der Waals surface area contributed by atoms with E-state index in [1.165, 1.54) is 7.11 Å². The van der Waals surface area contributed by atoms with E-state index in [0.29, 0.717) is 11.5 Å². The van der Waals surface area contributed by atoms with Crippen LogP contribution in [0.4, 0.5) is 11.4 Å². The van der Waals surface area contributed by atoms with Crippen molar-refractivity contribution < 1.29 is 24.3 Å². The average Bonchev–Trinajstić information content (AvgIpc) is 2.55. The van der Waals surface area contributed by atoms with E-state index in [9.17, 15) is 20.0 Å². The molecule has 0 fully saturated rings. The van der Waals surface area contributed by atoms with Gasteiger partial charge in [0.1, 0.15) is 17.2 Å². The largest absolute Gasteiger partial charge is 0.506 e. The summed E-state index contributed by atoms with van der Waals surface area (Å²) in [4.78, 5) is 21.9. The summed E-state index contributed by atoms with van der Waals surface area (Å²) >= 11 is 0. The number of nitrogens with one attached hydrogen (secondary N) is 1. The van der Waals surface area contributed by atoms with Crippen molar-refractivity contribution in [3.8, 4) is 17.2 Å². The molecule has 0 aliphatic carbocycles. The summed E-state index contributed by atoms with van der Waals surface area (Å²) in [5.74, 6) is 0.177. The van der Waals surface area contributed by atoms with E-state index in [4.69, 9.17) is 9.47 Å². The van der Waals surface area contributed by atoms with Gasteiger partial charge in [-0.3, -0.25) is 14.9 Å². The average molecular weight is 318 g/mol. The van der Waals surface area contributed by atoms with Crippen molar-refractivity contribution in [1.29, 1.82) is 0 Å². The number of anilines is 1. The molecule has 0 aliphatic heterocycles. The SMILES string of the molecule is COc1cccc(OCC(=O)Nc2cc([N+](=O)[O-])ccc2O)c1. The number of amides is 1. The maximum atomic E-state index is 11.8. The number of aromatic hydroxyl groups is 1. The molecule has 0 bridgehead atoms. The molecule has 0 unspecified atom stereocenters. The highest BCUT2D eigenvalue weighted by Gasteiger charge is 2.13. The highest BCUT2D eigenvalue weighted by atomic mass is 16.6. The van der Waals surface area contributed by atoms with Gasteiger partial charge in [0.25, 0.3) is 11.6 Å². The summed E-state index contributed by atoms with van der Waals surface area (Å²) in [6.45, 7) is -0.324. The molecule has 23 heavy (non-hydrogen) atoms. The third-order valence-corrected chi connectivity index (χ3v) is 2.88. The molecule has 2 rings (SSSR count). The van der Waals surface area contributed by atoms with Gasteiger partial charge < -0.3 is 19.9 Å². The molecule has 8 heteroatoms. The molecule has 2 aromatic rings. The number of nitro benzene ring substituents is 1. The van der Waals surface area contributed by atoms with Crippen molar-refractivity contribution in [2.24, 2.45) is 0 Å². The first kappa shape index (κ1) is 16.1. The maximum Gasteiger partial charge on any atom is 0.271 e. The molecule has 8 nitrogen and oxygen atoms in total. The minimum atomic E-state index is -0.623. The molecular weight excluding hydrogens is 304 g/mol. The minimum absolute atomic E-state index is 0.0570. The molecule has 0 radical (unpaired) electrons. The second-order valence-corrected chi connectivity index (χ2v) is 4.47. The van der Waals surface area contributed by atoms with Crippen molar-refractivity contribution in [2.45, 2.75) is 0 Å². The van der Waals surface area contributed by atoms with Crippen LogP contribution in [-0.4, -0.2) is 29.7 Å². The monoisotopic (exact) mass is 318 g/mol. The summed E-state index contributed by atoms with van der Waals surface area (Å²) in [6, 6.07) is 10.0. The molecule has 2 aromatic carbocycles. The Morgan fingerprint density at radius 1 is 1.26 bits per heavy atom. The molecule has 0 aromatic heterocycles. The fourth-order valence-corrected chi connectivity index (χ4v) is 1.76. The van der Waals surface area contributed by atoms with Gasteiger partial charge in [-0.05, 0) is 18.2 Å². The number of carbonyl (C=O) groups is 1. The van der Waals surface area contributed by atoms with Crippen LogP contribution < -0.4 is 14.8 Å². The van der Waals surface area contributed by atoms with Gasteiger partial charge in [-0.25, -0.2) is 0 Å². The van der Waals surface area contributed by atoms with Gasteiger partial charge in [-0.2, -0.15) is 0 Å². The topological polar surface area (TPSA) is 111 Å². The molecule has 0 saturated carbocycles. The van der Waals surface area contributed by atoms with Gasteiger partial charge in [-0.15, -0.1) is 0 Å². The molecule has 1 amide bonds. The number of carbonyl (C=O) groups excluding carboxylic acids is 1. The van der Waals surface area contributed by atoms with Crippen LogP contribution in [0.2, 0.25) is 0 Å². The van der Waals surface area contributed by atoms with Crippen LogP contribution in [-0.2, 0) is 4.79 Å². The van der Waals surface area contributed by atoms with Gasteiger partial charge in [0.2, 0.25) is 0 Å². The van der Waals surface area contributed by atoms with E-state index in [1.54, 1.807) is 24.3 Å². The maximum absolute atomic E-state index is 11.8. The summed E-state index contributed by atoms with van der Waals surface area (Å²) in [7, 11) is 1.51. The lowest BCUT2D eigenvalue weighted by molar-refractivity contribution is -0.384. The molecule has 0 spiro atoms. The van der Waals surface area contributed by atoms with Gasteiger partial charge in [0, 0.05) is 18.2 Å². The lowest BCUT2D eigenvalue weighted by atomic mass is 10.2. The fourth-order valence-electron chi connectivity index (χ4n) is 1.76. The van der Waals surface area contributed by atoms with Crippen molar-refractivity contribution in [3.05, 3.63) is 52.6 Å². The van der Waals surface area contributed by atoms with E-state index in [-0.39, 0.29) is 23.7 Å². The second-order valence-electron chi connectivity index (χ2n) is 4.47. The van der Waals surface area contributed by atoms with E-state index in [2.05, 4.69) is 5.32 Å². The molecule has 0 saturated heterocycles. The smallest absolute Gasteiger partial charge is 0.271 e. The number of nitro groups is 1. The first-order valence-electron chi connectivity index (χ1n) is 6.53. The normalized spacial score (nSPS) is 9.96. The van der Waals surface area contributed by atoms with Crippen molar-refractivity contribution in [2.75, 3.05) is 19.0 Å². The van der Waals surface area contributed by atoms with Crippen molar-refractivity contribution in [1.82, 2.24) is 0 Å². The Balaban J connectivity index is 1.99. The van der Waals surface area contributed by atoms with Crippen LogP contribution in [0.15, 0.2) is 42.5 Å². The number of rotatable bonds is 6. The highest BCUT2D eigenvalue weighted by molar-refractivity contribution is 5.93. The summed E-state index contributed by atoms with van der Waals surface area (Å²) in [5.41, 5.74) is -0.301. The van der Waals surface area contributed by atoms with Crippen LogP contribution in [0.5, 0.6) is 17.2 Å². The Kier molecular flexibility index (Phi) is 4.98. The van der Waals surface area contributed by atoms with Crippen molar-refractivity contribution >= 4 is 17.3 Å². The third kappa shape index (κ3) is 4.34. The lowest BCUT2D eigenvalue weighted by Gasteiger charge is -2.09. The Labute approximate surface area is 131 Å². The third-order valence-electron chi connectivity index (χ3n) is 2.88. The van der Waals surface area contributed by atoms with Gasteiger partial charge in [0.05, 0.1) is 17.7 Å². The predicted octanol–water partition coefficient (Wildman–Crippen LogP) is 2.33. The summed E-state index contributed by atoms with van der Waals surface area (Å²) in [5, 5.41) is 22.7. The zero-order chi connectivity index (χ0) is 16.8. The van der Waals surface area contributed by atoms with Crippen LogP contribution in [0.25, 0.3) is 0 Å². The van der Waals surface area contributed by atoms with Crippen LogP contribution >= 0.6 is 0 Å². The van der Waals surface area contributed by atoms with E-state index in [0.717, 1.165) is 18.2 Å². The number of phenolic OH excluding ortho intramolecular Hbond substituents is 1. The molecule has 0 heterocycles. The Morgan fingerprint density at radius 3 is 2.70 bits per heavy atom. The molecule has 0 atom stereocenters. The molecule has 2 N–H and O–H groups in total. The van der Waals surface area contributed by atoms with Crippen LogP contribution in [0, 0.1) is 10.1 Å². The fraction of sp³-hybridized carbons (Fsp3) is 0.133. The number of phenols is 1. The number of hydrogen-bond donors (Lipinski definition) is 2. The van der Waals surface area contributed by atoms with E-state index in [1.807, 2.05) is 0 Å². The van der Waals surface area contributed by atoms with E-state index < -0.39 is 10.8 Å². The minimum Gasteiger partial charge on any atom is -0.506 e. The second kappa shape index (κ2) is 7.12. The van der Waals surface area contributed by atoms with Crippen LogP contribution in [0.1, 0.15) is 0 Å². The number of ether oxygens (including phenoxy) is 2. The van der Waals surface area contributed by atoms with E-state index >= 15 is 0 Å². The first-order chi connectivity index (χ1) is 11.0. The quantitative estimate of drug-likeness (QED) is 0.480. The Bertz CT molecular complexity index is 732. The molecule has 120 valence electrons. The van der Waals surface area contributed by atoms with Crippen molar-refractivity contribution in [3.63, 3.8) is 0 Å². The standard InChI is InChI=1S/C15H14N2O6/c1-22-11-3-2-4-12(8-11)23-9-15(19)16-13-7-10(17(20)21)5-6-14(13)18/h2-8,18H,9H2,1H3,(H,16,19). The number of non-ortho nitro benzene ring substituents is 1. The predicted molar refractivity (Wildman–Crippen MR) is 81.9 cm³/mol.